The van der Waals surface area contributed by atoms with Crippen LogP contribution in [0.15, 0.2) is 35.9 Å². The van der Waals surface area contributed by atoms with Gasteiger partial charge in [0.2, 0.25) is 0 Å². The number of rotatable bonds is 2. The van der Waals surface area contributed by atoms with Crippen molar-refractivity contribution in [3.05, 3.63) is 47.1 Å². The quantitative estimate of drug-likeness (QED) is 0.771. The fourth-order valence-corrected chi connectivity index (χ4v) is 3.01. The summed E-state index contributed by atoms with van der Waals surface area (Å²) in [5.41, 5.74) is 3.91. The summed E-state index contributed by atoms with van der Waals surface area (Å²) in [5.74, 6) is 0.662. The Kier molecular flexibility index (Phi) is 3.70. The first-order valence-electron chi connectivity index (χ1n) is 6.75. The standard InChI is InChI=1S/C17H22O2/c1-10(2)13-6-5-11(3)7-14(13)17-15(18)8-12(4)9-16(17)19/h7-9,13-14,18-19H,1,5-6H2,2-4H3/t13?,14-/m1/s1. The fourth-order valence-electron chi connectivity index (χ4n) is 3.01. The summed E-state index contributed by atoms with van der Waals surface area (Å²) in [6.07, 6.45) is 4.24. The third-order valence-corrected chi connectivity index (χ3v) is 3.99. The Hall–Kier alpha value is -1.70. The van der Waals surface area contributed by atoms with Crippen LogP contribution in [0.4, 0.5) is 0 Å². The number of phenols is 2. The van der Waals surface area contributed by atoms with Crippen LogP contribution in [0.25, 0.3) is 0 Å². The molecule has 0 saturated carbocycles. The molecule has 1 unspecified atom stereocenters. The molecule has 0 fully saturated rings. The number of allylic oxidation sites excluding steroid dienone is 3. The molecule has 1 aromatic rings. The second-order valence-electron chi connectivity index (χ2n) is 5.75. The monoisotopic (exact) mass is 258 g/mol. The molecule has 0 saturated heterocycles. The van der Waals surface area contributed by atoms with E-state index < -0.39 is 0 Å². The van der Waals surface area contributed by atoms with Crippen molar-refractivity contribution in [3.63, 3.8) is 0 Å². The lowest BCUT2D eigenvalue weighted by molar-refractivity contribution is 0.406. The van der Waals surface area contributed by atoms with Gasteiger partial charge in [-0.15, -0.1) is 0 Å². The summed E-state index contributed by atoms with van der Waals surface area (Å²) in [7, 11) is 0. The zero-order valence-corrected chi connectivity index (χ0v) is 11.9. The predicted molar refractivity (Wildman–Crippen MR) is 78.5 cm³/mol. The normalized spacial score (nSPS) is 23.0. The van der Waals surface area contributed by atoms with Gasteiger partial charge in [-0.25, -0.2) is 0 Å². The van der Waals surface area contributed by atoms with Crippen molar-refractivity contribution < 1.29 is 10.2 Å². The molecule has 2 atom stereocenters. The molecule has 1 aromatic carbocycles. The molecule has 0 aliphatic heterocycles. The topological polar surface area (TPSA) is 40.5 Å². The van der Waals surface area contributed by atoms with E-state index in [-0.39, 0.29) is 23.3 Å². The van der Waals surface area contributed by atoms with Gasteiger partial charge in [0.15, 0.2) is 0 Å². The maximum absolute atomic E-state index is 10.2. The van der Waals surface area contributed by atoms with Crippen molar-refractivity contribution in [1.82, 2.24) is 0 Å². The molecule has 2 nitrogen and oxygen atoms in total. The molecule has 0 radical (unpaired) electrons. The number of hydrogen-bond acceptors (Lipinski definition) is 2. The highest BCUT2D eigenvalue weighted by Gasteiger charge is 2.29. The van der Waals surface area contributed by atoms with Crippen molar-refractivity contribution in [3.8, 4) is 11.5 Å². The lowest BCUT2D eigenvalue weighted by Crippen LogP contribution is -2.17. The van der Waals surface area contributed by atoms with Gasteiger partial charge in [-0.05, 0) is 57.2 Å². The minimum absolute atomic E-state index is 0.0202. The van der Waals surface area contributed by atoms with Crippen molar-refractivity contribution in [1.29, 1.82) is 0 Å². The zero-order valence-electron chi connectivity index (χ0n) is 11.9. The van der Waals surface area contributed by atoms with Crippen molar-refractivity contribution in [2.45, 2.75) is 39.5 Å². The van der Waals surface area contributed by atoms with Crippen LogP contribution in [0.5, 0.6) is 11.5 Å². The minimum Gasteiger partial charge on any atom is -0.507 e. The number of hydrogen-bond donors (Lipinski definition) is 2. The molecule has 102 valence electrons. The van der Waals surface area contributed by atoms with Crippen molar-refractivity contribution >= 4 is 0 Å². The molecule has 0 amide bonds. The lowest BCUT2D eigenvalue weighted by Gasteiger charge is -2.31. The summed E-state index contributed by atoms with van der Waals surface area (Å²) < 4.78 is 0. The van der Waals surface area contributed by atoms with E-state index in [0.717, 1.165) is 24.0 Å². The van der Waals surface area contributed by atoms with Crippen LogP contribution in [0, 0.1) is 12.8 Å². The van der Waals surface area contributed by atoms with Crippen LogP contribution < -0.4 is 0 Å². The fraction of sp³-hybridized carbons (Fsp3) is 0.412. The first kappa shape index (κ1) is 13.7. The van der Waals surface area contributed by atoms with Crippen LogP contribution in [-0.4, -0.2) is 10.2 Å². The Bertz CT molecular complexity index is 517. The lowest BCUT2D eigenvalue weighted by atomic mass is 9.74. The molecule has 1 aliphatic carbocycles. The first-order chi connectivity index (χ1) is 8.90. The van der Waals surface area contributed by atoms with Gasteiger partial charge in [0.05, 0.1) is 0 Å². The Morgan fingerprint density at radius 2 is 1.79 bits per heavy atom. The summed E-state index contributed by atoms with van der Waals surface area (Å²) in [5, 5.41) is 20.4. The second kappa shape index (κ2) is 5.12. The molecule has 2 heteroatoms. The van der Waals surface area contributed by atoms with Gasteiger partial charge >= 0.3 is 0 Å². The van der Waals surface area contributed by atoms with Gasteiger partial charge in [-0.2, -0.15) is 0 Å². The minimum atomic E-state index is 0.0202. The summed E-state index contributed by atoms with van der Waals surface area (Å²) >= 11 is 0. The zero-order chi connectivity index (χ0) is 14.2. The molecule has 2 rings (SSSR count). The van der Waals surface area contributed by atoms with Gasteiger partial charge < -0.3 is 10.2 Å². The van der Waals surface area contributed by atoms with Gasteiger partial charge in [-0.1, -0.05) is 23.8 Å². The Balaban J connectivity index is 2.54. The number of aryl methyl sites for hydroxylation is 1. The maximum atomic E-state index is 10.2. The number of aromatic hydroxyl groups is 2. The van der Waals surface area contributed by atoms with Crippen LogP contribution in [0.1, 0.15) is 43.7 Å². The molecular formula is C17H22O2. The highest BCUT2D eigenvalue weighted by molar-refractivity contribution is 5.51. The van der Waals surface area contributed by atoms with E-state index in [1.807, 2.05) is 13.8 Å². The van der Waals surface area contributed by atoms with Gasteiger partial charge in [-0.3, -0.25) is 0 Å². The van der Waals surface area contributed by atoms with Crippen molar-refractivity contribution in [2.24, 2.45) is 5.92 Å². The van der Waals surface area contributed by atoms with Crippen LogP contribution in [0.3, 0.4) is 0 Å². The average molecular weight is 258 g/mol. The number of phenolic OH excluding ortho intramolecular Hbond substituents is 2. The molecule has 0 heterocycles. The van der Waals surface area contributed by atoms with E-state index in [1.54, 1.807) is 12.1 Å². The van der Waals surface area contributed by atoms with Crippen LogP contribution in [-0.2, 0) is 0 Å². The molecule has 0 aromatic heterocycles. The molecule has 2 N–H and O–H groups in total. The van der Waals surface area contributed by atoms with E-state index in [9.17, 15) is 10.2 Å². The predicted octanol–water partition coefficient (Wildman–Crippen LogP) is 4.42. The highest BCUT2D eigenvalue weighted by Crippen LogP contribution is 2.46. The molecule has 0 spiro atoms. The SMILES string of the molecule is C=C(C)C1CCC(C)=C[C@H]1c1c(O)cc(C)cc1O. The van der Waals surface area contributed by atoms with E-state index >= 15 is 0 Å². The third-order valence-electron chi connectivity index (χ3n) is 3.99. The van der Waals surface area contributed by atoms with E-state index in [2.05, 4.69) is 19.6 Å². The Morgan fingerprint density at radius 1 is 1.21 bits per heavy atom. The Morgan fingerprint density at radius 3 is 2.32 bits per heavy atom. The van der Waals surface area contributed by atoms with E-state index in [1.165, 1.54) is 5.57 Å². The van der Waals surface area contributed by atoms with Gasteiger partial charge in [0.1, 0.15) is 11.5 Å². The molecule has 1 aliphatic rings. The third kappa shape index (κ3) is 2.67. The largest absolute Gasteiger partial charge is 0.507 e. The maximum Gasteiger partial charge on any atom is 0.123 e. The van der Waals surface area contributed by atoms with Gasteiger partial charge in [0.25, 0.3) is 0 Å². The van der Waals surface area contributed by atoms with Crippen molar-refractivity contribution in [2.75, 3.05) is 0 Å². The smallest absolute Gasteiger partial charge is 0.123 e. The van der Waals surface area contributed by atoms with E-state index in [4.69, 9.17) is 0 Å². The van der Waals surface area contributed by atoms with Crippen LogP contribution in [0.2, 0.25) is 0 Å². The summed E-state index contributed by atoms with van der Waals surface area (Å²) in [4.78, 5) is 0. The molecule has 0 bridgehead atoms. The van der Waals surface area contributed by atoms with E-state index in [0.29, 0.717) is 5.56 Å². The summed E-state index contributed by atoms with van der Waals surface area (Å²) in [6.45, 7) is 10.0. The average Bonchev–Trinajstić information content (AvgIpc) is 2.27. The highest BCUT2D eigenvalue weighted by atomic mass is 16.3. The summed E-state index contributed by atoms with van der Waals surface area (Å²) in [6, 6.07) is 3.42. The second-order valence-corrected chi connectivity index (χ2v) is 5.75. The molecule has 19 heavy (non-hydrogen) atoms. The van der Waals surface area contributed by atoms with Gasteiger partial charge in [0, 0.05) is 11.5 Å². The number of benzene rings is 1. The first-order valence-corrected chi connectivity index (χ1v) is 6.75. The Labute approximate surface area is 115 Å². The molecular weight excluding hydrogens is 236 g/mol. The van der Waals surface area contributed by atoms with Crippen LogP contribution >= 0.6 is 0 Å².